The number of nitrogens with zero attached hydrogens (tertiary/aromatic N) is 2. The minimum atomic E-state index is 0. The largest absolute Gasteiger partial charge is 0.382 e. The van der Waals surface area contributed by atoms with Crippen molar-refractivity contribution in [3.05, 3.63) is 0 Å². The molecule has 1 aliphatic heterocycles. The molecule has 1 N–H and O–H groups in total. The quantitative estimate of drug-likeness (QED) is 0.281. The van der Waals surface area contributed by atoms with Crippen molar-refractivity contribution in [2.45, 2.75) is 32.6 Å². The molecule has 0 aromatic heterocycles. The predicted octanol–water partition coefficient (Wildman–Crippen LogP) is 2.35. The van der Waals surface area contributed by atoms with Gasteiger partial charge < -0.3 is 19.7 Å². The first-order chi connectivity index (χ1) is 10.2. The van der Waals surface area contributed by atoms with Gasteiger partial charge in [-0.05, 0) is 38.0 Å². The number of hydrogen-bond acceptors (Lipinski definition) is 3. The summed E-state index contributed by atoms with van der Waals surface area (Å²) in [5.74, 6) is 1.64. The summed E-state index contributed by atoms with van der Waals surface area (Å²) in [6, 6.07) is 0. The van der Waals surface area contributed by atoms with Crippen LogP contribution in [-0.2, 0) is 9.47 Å². The Labute approximate surface area is 152 Å². The Morgan fingerprint density at radius 2 is 2.23 bits per heavy atom. The van der Waals surface area contributed by atoms with Crippen molar-refractivity contribution < 1.29 is 9.47 Å². The van der Waals surface area contributed by atoms with Crippen LogP contribution < -0.4 is 5.32 Å². The van der Waals surface area contributed by atoms with Crippen molar-refractivity contribution in [2.24, 2.45) is 16.3 Å². The average Bonchev–Trinajstić information content (AvgIpc) is 3.05. The lowest BCUT2D eigenvalue weighted by Gasteiger charge is -2.26. The highest BCUT2D eigenvalue weighted by atomic mass is 127. The van der Waals surface area contributed by atoms with E-state index in [0.717, 1.165) is 51.9 Å². The third kappa shape index (κ3) is 6.20. The van der Waals surface area contributed by atoms with Gasteiger partial charge in [-0.25, -0.2) is 0 Å². The molecule has 1 aliphatic carbocycles. The van der Waals surface area contributed by atoms with Crippen molar-refractivity contribution in [3.63, 3.8) is 0 Å². The molecule has 0 radical (unpaired) electrons. The SMILES string of the molecule is CCOCCC1(CNC(=NC)N(C)CC2CCOC2)CC1.I. The second kappa shape index (κ2) is 9.93. The maximum Gasteiger partial charge on any atom is 0.193 e. The van der Waals surface area contributed by atoms with Crippen molar-refractivity contribution in [1.29, 1.82) is 0 Å². The summed E-state index contributed by atoms with van der Waals surface area (Å²) < 4.78 is 10.9. The maximum atomic E-state index is 5.50. The first-order valence-corrected chi connectivity index (χ1v) is 8.26. The van der Waals surface area contributed by atoms with Gasteiger partial charge in [0.05, 0.1) is 6.61 Å². The Bertz CT molecular complexity index is 342. The van der Waals surface area contributed by atoms with Gasteiger partial charge in [-0.15, -0.1) is 24.0 Å². The summed E-state index contributed by atoms with van der Waals surface area (Å²) in [6.45, 7) is 7.58. The molecule has 1 saturated heterocycles. The fraction of sp³-hybridized carbons (Fsp3) is 0.938. The van der Waals surface area contributed by atoms with Crippen LogP contribution in [0.2, 0.25) is 0 Å². The third-order valence-electron chi connectivity index (χ3n) is 4.69. The van der Waals surface area contributed by atoms with Crippen molar-refractivity contribution in [3.8, 4) is 0 Å². The predicted molar refractivity (Wildman–Crippen MR) is 101 cm³/mol. The van der Waals surface area contributed by atoms with E-state index in [4.69, 9.17) is 9.47 Å². The molecular formula is C16H32IN3O2. The fourth-order valence-electron chi connectivity index (χ4n) is 2.98. The van der Waals surface area contributed by atoms with E-state index < -0.39 is 0 Å². The minimum absolute atomic E-state index is 0. The lowest BCUT2D eigenvalue weighted by molar-refractivity contribution is 0.128. The molecule has 1 heterocycles. The Kier molecular flexibility index (Phi) is 9.01. The Morgan fingerprint density at radius 1 is 1.45 bits per heavy atom. The average molecular weight is 425 g/mol. The van der Waals surface area contributed by atoms with E-state index in [-0.39, 0.29) is 24.0 Å². The van der Waals surface area contributed by atoms with E-state index in [1.807, 2.05) is 7.05 Å². The molecule has 0 aromatic carbocycles. The second-order valence-corrected chi connectivity index (χ2v) is 6.46. The van der Waals surface area contributed by atoms with E-state index in [0.29, 0.717) is 11.3 Å². The zero-order chi connectivity index (χ0) is 15.1. The summed E-state index contributed by atoms with van der Waals surface area (Å²) in [6.07, 6.45) is 4.94. The summed E-state index contributed by atoms with van der Waals surface area (Å²) in [5, 5.41) is 3.55. The van der Waals surface area contributed by atoms with Gasteiger partial charge in [0.25, 0.3) is 0 Å². The minimum Gasteiger partial charge on any atom is -0.382 e. The molecular weight excluding hydrogens is 393 g/mol. The van der Waals surface area contributed by atoms with Crippen molar-refractivity contribution >= 4 is 29.9 Å². The highest BCUT2D eigenvalue weighted by Crippen LogP contribution is 2.48. The fourth-order valence-corrected chi connectivity index (χ4v) is 2.98. The van der Waals surface area contributed by atoms with Gasteiger partial charge >= 0.3 is 0 Å². The highest BCUT2D eigenvalue weighted by molar-refractivity contribution is 14.0. The molecule has 0 bridgehead atoms. The molecule has 5 nitrogen and oxygen atoms in total. The summed E-state index contributed by atoms with van der Waals surface area (Å²) in [4.78, 5) is 6.65. The lowest BCUT2D eigenvalue weighted by atomic mass is 10.0. The number of rotatable bonds is 8. The van der Waals surface area contributed by atoms with Crippen LogP contribution in [0, 0.1) is 11.3 Å². The third-order valence-corrected chi connectivity index (χ3v) is 4.69. The zero-order valence-corrected chi connectivity index (χ0v) is 16.6. The maximum absolute atomic E-state index is 5.50. The number of hydrogen-bond donors (Lipinski definition) is 1. The van der Waals surface area contributed by atoms with Gasteiger partial charge in [-0.3, -0.25) is 4.99 Å². The molecule has 1 saturated carbocycles. The van der Waals surface area contributed by atoms with Crippen molar-refractivity contribution in [1.82, 2.24) is 10.2 Å². The Balaban J connectivity index is 0.00000242. The summed E-state index contributed by atoms with van der Waals surface area (Å²) in [7, 11) is 3.98. The molecule has 130 valence electrons. The Morgan fingerprint density at radius 3 is 2.77 bits per heavy atom. The molecule has 2 aliphatic rings. The molecule has 1 atom stereocenters. The monoisotopic (exact) mass is 425 g/mol. The molecule has 0 aromatic rings. The zero-order valence-electron chi connectivity index (χ0n) is 14.3. The molecule has 1 unspecified atom stereocenters. The first kappa shape index (κ1) is 20.0. The first-order valence-electron chi connectivity index (χ1n) is 8.26. The van der Waals surface area contributed by atoms with Gasteiger partial charge in [-0.1, -0.05) is 0 Å². The molecule has 2 rings (SSSR count). The van der Waals surface area contributed by atoms with Gasteiger partial charge in [0.15, 0.2) is 5.96 Å². The van der Waals surface area contributed by atoms with Gasteiger partial charge in [-0.2, -0.15) is 0 Å². The number of halogens is 1. The van der Waals surface area contributed by atoms with Crippen LogP contribution in [0.5, 0.6) is 0 Å². The topological polar surface area (TPSA) is 46.1 Å². The van der Waals surface area contributed by atoms with Crippen LogP contribution in [0.1, 0.15) is 32.6 Å². The number of ether oxygens (including phenoxy) is 2. The standard InChI is InChI=1S/C16H31N3O2.HI/c1-4-20-10-8-16(6-7-16)13-18-15(17-2)19(3)11-14-5-9-21-12-14;/h14H,4-13H2,1-3H3,(H,17,18);1H. The van der Waals surface area contributed by atoms with E-state index >= 15 is 0 Å². The van der Waals surface area contributed by atoms with Crippen LogP contribution in [0.15, 0.2) is 4.99 Å². The second-order valence-electron chi connectivity index (χ2n) is 6.46. The number of aliphatic imine (C=N–C) groups is 1. The molecule has 22 heavy (non-hydrogen) atoms. The van der Waals surface area contributed by atoms with Crippen LogP contribution in [-0.4, -0.2) is 64.5 Å². The van der Waals surface area contributed by atoms with E-state index in [2.05, 4.69) is 29.2 Å². The van der Waals surface area contributed by atoms with Gasteiger partial charge in [0.2, 0.25) is 0 Å². The summed E-state index contributed by atoms with van der Waals surface area (Å²) >= 11 is 0. The molecule has 0 amide bonds. The number of guanidine groups is 1. The summed E-state index contributed by atoms with van der Waals surface area (Å²) in [5.41, 5.74) is 0.447. The molecule has 2 fully saturated rings. The van der Waals surface area contributed by atoms with E-state index in [9.17, 15) is 0 Å². The normalized spacial score (nSPS) is 23.0. The van der Waals surface area contributed by atoms with Gasteiger partial charge in [0, 0.05) is 52.9 Å². The van der Waals surface area contributed by atoms with Crippen LogP contribution in [0.4, 0.5) is 0 Å². The van der Waals surface area contributed by atoms with Crippen molar-refractivity contribution in [2.75, 3.05) is 53.6 Å². The lowest BCUT2D eigenvalue weighted by Crippen LogP contribution is -2.43. The Hall–Kier alpha value is -0.0800. The van der Waals surface area contributed by atoms with Crippen LogP contribution >= 0.6 is 24.0 Å². The smallest absolute Gasteiger partial charge is 0.193 e. The van der Waals surface area contributed by atoms with E-state index in [1.54, 1.807) is 0 Å². The van der Waals surface area contributed by atoms with Gasteiger partial charge in [0.1, 0.15) is 0 Å². The van der Waals surface area contributed by atoms with Crippen LogP contribution in [0.3, 0.4) is 0 Å². The van der Waals surface area contributed by atoms with E-state index in [1.165, 1.54) is 19.3 Å². The highest BCUT2D eigenvalue weighted by Gasteiger charge is 2.42. The number of nitrogens with one attached hydrogen (secondary N) is 1. The molecule has 0 spiro atoms. The molecule has 6 heteroatoms. The van der Waals surface area contributed by atoms with Crippen LogP contribution in [0.25, 0.3) is 0 Å².